The molecular weight excluding hydrogens is 320 g/mol. The molecule has 0 radical (unpaired) electrons. The van der Waals surface area contributed by atoms with E-state index in [-0.39, 0.29) is 18.4 Å². The Bertz CT molecular complexity index is 752. The van der Waals surface area contributed by atoms with Crippen molar-refractivity contribution in [3.63, 3.8) is 0 Å². The monoisotopic (exact) mass is 342 g/mol. The second-order valence-electron chi connectivity index (χ2n) is 5.73. The van der Waals surface area contributed by atoms with Gasteiger partial charge in [0.15, 0.2) is 0 Å². The van der Waals surface area contributed by atoms with Crippen molar-refractivity contribution in [2.75, 3.05) is 18.6 Å². The van der Waals surface area contributed by atoms with Gasteiger partial charge in [0.1, 0.15) is 0 Å². The number of aliphatic hydroxyl groups is 1. The van der Waals surface area contributed by atoms with Crippen molar-refractivity contribution < 1.29 is 14.7 Å². The molecule has 7 heteroatoms. The fourth-order valence-corrected chi connectivity index (χ4v) is 2.39. The molecule has 0 aliphatic carbocycles. The Labute approximate surface area is 146 Å². The minimum absolute atomic E-state index is 0.171. The SMILES string of the molecule is C=CC(=O)N(C)c1ccc(C(=O)NC(CO)Cc2cnn(C)c2)cc1. The highest BCUT2D eigenvalue weighted by Crippen LogP contribution is 2.14. The second-order valence-corrected chi connectivity index (χ2v) is 5.73. The summed E-state index contributed by atoms with van der Waals surface area (Å²) in [5, 5.41) is 16.4. The molecule has 0 saturated carbocycles. The van der Waals surface area contributed by atoms with Gasteiger partial charge < -0.3 is 15.3 Å². The predicted octanol–water partition coefficient (Wildman–Crippen LogP) is 0.902. The van der Waals surface area contributed by atoms with Crippen LogP contribution in [0.15, 0.2) is 49.3 Å². The minimum atomic E-state index is -0.401. The fraction of sp³-hybridized carbons (Fsp3) is 0.278. The van der Waals surface area contributed by atoms with Crippen LogP contribution in [-0.2, 0) is 18.3 Å². The Morgan fingerprint density at radius 3 is 2.60 bits per heavy atom. The molecule has 1 heterocycles. The smallest absolute Gasteiger partial charge is 0.251 e. The van der Waals surface area contributed by atoms with E-state index in [1.807, 2.05) is 13.2 Å². The normalized spacial score (nSPS) is 11.6. The lowest BCUT2D eigenvalue weighted by molar-refractivity contribution is -0.113. The van der Waals surface area contributed by atoms with Crippen molar-refractivity contribution in [2.24, 2.45) is 7.05 Å². The molecule has 1 unspecified atom stereocenters. The quantitative estimate of drug-likeness (QED) is 0.732. The van der Waals surface area contributed by atoms with Gasteiger partial charge in [0.05, 0.1) is 18.8 Å². The summed E-state index contributed by atoms with van der Waals surface area (Å²) in [6.07, 6.45) is 5.27. The van der Waals surface area contributed by atoms with Crippen molar-refractivity contribution in [3.8, 4) is 0 Å². The summed E-state index contributed by atoms with van der Waals surface area (Å²) in [6, 6.07) is 6.24. The van der Waals surface area contributed by atoms with Crippen molar-refractivity contribution in [2.45, 2.75) is 12.5 Å². The Morgan fingerprint density at radius 2 is 2.08 bits per heavy atom. The van der Waals surface area contributed by atoms with Crippen LogP contribution in [0.5, 0.6) is 0 Å². The average Bonchev–Trinajstić information content (AvgIpc) is 3.04. The number of amides is 2. The van der Waals surface area contributed by atoms with Crippen molar-refractivity contribution in [3.05, 3.63) is 60.4 Å². The largest absolute Gasteiger partial charge is 0.394 e. The molecule has 2 rings (SSSR count). The summed E-state index contributed by atoms with van der Waals surface area (Å²) in [6.45, 7) is 3.27. The summed E-state index contributed by atoms with van der Waals surface area (Å²) < 4.78 is 1.67. The molecule has 7 nitrogen and oxygen atoms in total. The molecule has 1 atom stereocenters. The van der Waals surface area contributed by atoms with Crippen molar-refractivity contribution in [1.29, 1.82) is 0 Å². The summed E-state index contributed by atoms with van der Waals surface area (Å²) in [5.41, 5.74) is 2.05. The molecule has 0 saturated heterocycles. The van der Waals surface area contributed by atoms with E-state index in [9.17, 15) is 14.7 Å². The van der Waals surface area contributed by atoms with Gasteiger partial charge in [0, 0.05) is 31.5 Å². The number of benzene rings is 1. The van der Waals surface area contributed by atoms with Gasteiger partial charge in [-0.25, -0.2) is 0 Å². The van der Waals surface area contributed by atoms with Crippen LogP contribution in [0, 0.1) is 0 Å². The van der Waals surface area contributed by atoms with E-state index in [0.717, 1.165) is 5.56 Å². The van der Waals surface area contributed by atoms with E-state index in [1.54, 1.807) is 42.2 Å². The number of anilines is 1. The highest BCUT2D eigenvalue weighted by molar-refractivity contribution is 6.01. The number of carbonyl (C=O) groups is 2. The fourth-order valence-electron chi connectivity index (χ4n) is 2.39. The highest BCUT2D eigenvalue weighted by Gasteiger charge is 2.15. The number of aryl methyl sites for hydroxylation is 1. The Kier molecular flexibility index (Phi) is 6.08. The van der Waals surface area contributed by atoms with Gasteiger partial charge in [-0.3, -0.25) is 14.3 Å². The van der Waals surface area contributed by atoms with Crippen LogP contribution in [0.1, 0.15) is 15.9 Å². The van der Waals surface area contributed by atoms with Gasteiger partial charge in [-0.1, -0.05) is 6.58 Å². The van der Waals surface area contributed by atoms with Crippen LogP contribution in [-0.4, -0.2) is 46.4 Å². The van der Waals surface area contributed by atoms with E-state index in [1.165, 1.54) is 11.0 Å². The summed E-state index contributed by atoms with van der Waals surface area (Å²) >= 11 is 0. The summed E-state index contributed by atoms with van der Waals surface area (Å²) in [5.74, 6) is -0.513. The maximum Gasteiger partial charge on any atom is 0.251 e. The van der Waals surface area contributed by atoms with Crippen LogP contribution in [0.3, 0.4) is 0 Å². The van der Waals surface area contributed by atoms with Gasteiger partial charge in [0.25, 0.3) is 5.91 Å². The lowest BCUT2D eigenvalue weighted by atomic mass is 10.1. The number of hydrogen-bond donors (Lipinski definition) is 2. The molecule has 132 valence electrons. The molecule has 0 bridgehead atoms. The zero-order valence-corrected chi connectivity index (χ0v) is 14.3. The number of aromatic nitrogens is 2. The first kappa shape index (κ1) is 18.4. The Hall–Kier alpha value is -2.93. The maximum absolute atomic E-state index is 12.3. The third kappa shape index (κ3) is 4.77. The van der Waals surface area contributed by atoms with Crippen molar-refractivity contribution in [1.82, 2.24) is 15.1 Å². The third-order valence-electron chi connectivity index (χ3n) is 3.82. The van der Waals surface area contributed by atoms with Gasteiger partial charge in [-0.05, 0) is 42.3 Å². The van der Waals surface area contributed by atoms with Gasteiger partial charge in [-0.2, -0.15) is 5.10 Å². The van der Waals surface area contributed by atoms with Gasteiger partial charge in [-0.15, -0.1) is 0 Å². The summed E-state index contributed by atoms with van der Waals surface area (Å²) in [4.78, 5) is 25.4. The summed E-state index contributed by atoms with van der Waals surface area (Å²) in [7, 11) is 3.44. The lowest BCUT2D eigenvalue weighted by Gasteiger charge is -2.17. The molecule has 2 amide bonds. The molecule has 2 N–H and O–H groups in total. The van der Waals surface area contributed by atoms with Crippen LogP contribution in [0.2, 0.25) is 0 Å². The zero-order chi connectivity index (χ0) is 18.4. The number of likely N-dealkylation sites (N-methyl/N-ethyl adjacent to an activating group) is 1. The van der Waals surface area contributed by atoms with Gasteiger partial charge in [0.2, 0.25) is 5.91 Å². The first-order chi connectivity index (χ1) is 11.9. The predicted molar refractivity (Wildman–Crippen MR) is 95.3 cm³/mol. The molecule has 0 aliphatic rings. The van der Waals surface area contributed by atoms with E-state index >= 15 is 0 Å². The zero-order valence-electron chi connectivity index (χ0n) is 14.3. The molecule has 0 spiro atoms. The maximum atomic E-state index is 12.3. The highest BCUT2D eigenvalue weighted by atomic mass is 16.3. The van der Waals surface area contributed by atoms with E-state index in [0.29, 0.717) is 17.7 Å². The molecule has 1 aromatic heterocycles. The molecule has 0 fully saturated rings. The second kappa shape index (κ2) is 8.25. The van der Waals surface area contributed by atoms with Crippen LogP contribution >= 0.6 is 0 Å². The number of aliphatic hydroxyl groups excluding tert-OH is 1. The first-order valence-electron chi connectivity index (χ1n) is 7.84. The number of carbonyl (C=O) groups excluding carboxylic acids is 2. The molecule has 1 aromatic carbocycles. The molecular formula is C18H22N4O3. The number of nitrogens with one attached hydrogen (secondary N) is 1. The topological polar surface area (TPSA) is 87.5 Å². The molecule has 25 heavy (non-hydrogen) atoms. The molecule has 0 aliphatic heterocycles. The minimum Gasteiger partial charge on any atom is -0.394 e. The van der Waals surface area contributed by atoms with E-state index in [2.05, 4.69) is 17.0 Å². The van der Waals surface area contributed by atoms with E-state index < -0.39 is 6.04 Å². The Balaban J connectivity index is 2.01. The van der Waals surface area contributed by atoms with Crippen LogP contribution < -0.4 is 10.2 Å². The average molecular weight is 342 g/mol. The third-order valence-corrected chi connectivity index (χ3v) is 3.82. The Morgan fingerprint density at radius 1 is 1.40 bits per heavy atom. The van der Waals surface area contributed by atoms with Crippen LogP contribution in [0.4, 0.5) is 5.69 Å². The first-order valence-corrected chi connectivity index (χ1v) is 7.84. The van der Waals surface area contributed by atoms with Gasteiger partial charge >= 0.3 is 0 Å². The van der Waals surface area contributed by atoms with E-state index in [4.69, 9.17) is 0 Å². The number of nitrogens with zero attached hydrogens (tertiary/aromatic N) is 3. The van der Waals surface area contributed by atoms with Crippen molar-refractivity contribution >= 4 is 17.5 Å². The lowest BCUT2D eigenvalue weighted by Crippen LogP contribution is -2.39. The standard InChI is InChI=1S/C18H22N4O3/c1-4-17(24)22(3)16-7-5-14(6-8-16)18(25)20-15(12-23)9-13-10-19-21(2)11-13/h4-8,10-11,15,23H,1,9,12H2,2-3H3,(H,20,25). The number of hydrogen-bond acceptors (Lipinski definition) is 4. The molecule has 2 aromatic rings. The van der Waals surface area contributed by atoms with Crippen LogP contribution in [0.25, 0.3) is 0 Å². The number of rotatable bonds is 7.